The molecule has 0 fully saturated rings. The summed E-state index contributed by atoms with van der Waals surface area (Å²) in [5.41, 5.74) is 11.8. The standard InChI is InChI=1S/C20H15N5O3/c1-27-9-5-6-12-14(7-9)25-19(22-12)16-17(24-25)15-10-3-2-4-11(21)18(10)28-8-13(15)23-20(16)26/h2-7,22H,8,21H2,1H3,(H,23,26). The lowest BCUT2D eigenvalue weighted by Crippen LogP contribution is -2.16. The van der Waals surface area contributed by atoms with Crippen LogP contribution in [0.25, 0.3) is 38.7 Å². The lowest BCUT2D eigenvalue weighted by molar-refractivity contribution is 0.299. The number of para-hydroxylation sites is 1. The molecule has 28 heavy (non-hydrogen) atoms. The normalized spacial score (nSPS) is 12.9. The Morgan fingerprint density at radius 1 is 1.25 bits per heavy atom. The Labute approximate surface area is 157 Å². The molecule has 138 valence electrons. The summed E-state index contributed by atoms with van der Waals surface area (Å²) in [6, 6.07) is 11.3. The number of methoxy groups -OCH3 is 1. The Kier molecular flexibility index (Phi) is 2.74. The average molecular weight is 373 g/mol. The molecule has 0 atom stereocenters. The fourth-order valence-electron chi connectivity index (χ4n) is 4.01. The molecule has 0 saturated carbocycles. The second kappa shape index (κ2) is 5.07. The number of fused-ring (bicyclic) bond motifs is 9. The Hall–Kier alpha value is -3.94. The third kappa shape index (κ3) is 1.78. The minimum atomic E-state index is -0.210. The molecule has 0 spiro atoms. The molecule has 0 bridgehead atoms. The highest BCUT2D eigenvalue weighted by Crippen LogP contribution is 2.43. The number of nitrogens with one attached hydrogen (secondary N) is 2. The molecule has 0 unspecified atom stereocenters. The average Bonchev–Trinajstić information content (AvgIpc) is 3.23. The molecule has 3 aromatic heterocycles. The predicted octanol–water partition coefficient (Wildman–Crippen LogP) is 2.81. The summed E-state index contributed by atoms with van der Waals surface area (Å²) in [5, 5.41) is 5.30. The largest absolute Gasteiger partial charge is 0.497 e. The van der Waals surface area contributed by atoms with Crippen molar-refractivity contribution in [3.8, 4) is 22.6 Å². The van der Waals surface area contributed by atoms with Crippen molar-refractivity contribution in [3.05, 3.63) is 52.4 Å². The number of nitrogen functional groups attached to an aromatic ring is 1. The second-order valence-corrected chi connectivity index (χ2v) is 6.81. The van der Waals surface area contributed by atoms with Crippen molar-refractivity contribution in [3.63, 3.8) is 0 Å². The molecule has 1 aliphatic heterocycles. The summed E-state index contributed by atoms with van der Waals surface area (Å²) < 4.78 is 12.9. The van der Waals surface area contributed by atoms with E-state index in [-0.39, 0.29) is 12.2 Å². The van der Waals surface area contributed by atoms with Crippen LogP contribution in [-0.4, -0.2) is 26.7 Å². The first-order chi connectivity index (χ1) is 13.7. The van der Waals surface area contributed by atoms with Gasteiger partial charge in [0.2, 0.25) is 0 Å². The molecule has 0 saturated heterocycles. The molecule has 6 rings (SSSR count). The van der Waals surface area contributed by atoms with Gasteiger partial charge in [0, 0.05) is 17.2 Å². The fraction of sp³-hybridized carbons (Fsp3) is 0.100. The van der Waals surface area contributed by atoms with Gasteiger partial charge in [-0.05, 0) is 18.2 Å². The lowest BCUT2D eigenvalue weighted by atomic mass is 9.98. The highest BCUT2D eigenvalue weighted by Gasteiger charge is 2.26. The van der Waals surface area contributed by atoms with Gasteiger partial charge in [-0.15, -0.1) is 0 Å². The highest BCUT2D eigenvalue weighted by atomic mass is 16.5. The number of nitrogens with two attached hydrogens (primary N) is 1. The Balaban J connectivity index is 1.79. The number of imidazole rings is 1. The van der Waals surface area contributed by atoms with E-state index < -0.39 is 0 Å². The van der Waals surface area contributed by atoms with Crippen LogP contribution in [0.3, 0.4) is 0 Å². The highest BCUT2D eigenvalue weighted by molar-refractivity contribution is 6.05. The molecule has 0 radical (unpaired) electrons. The van der Waals surface area contributed by atoms with Crippen molar-refractivity contribution in [2.75, 3.05) is 12.8 Å². The van der Waals surface area contributed by atoms with Crippen LogP contribution < -0.4 is 20.8 Å². The third-order valence-corrected chi connectivity index (χ3v) is 5.28. The summed E-state index contributed by atoms with van der Waals surface area (Å²) in [7, 11) is 1.62. The van der Waals surface area contributed by atoms with Crippen molar-refractivity contribution in [2.45, 2.75) is 6.61 Å². The Morgan fingerprint density at radius 3 is 3.00 bits per heavy atom. The van der Waals surface area contributed by atoms with Crippen LogP contribution >= 0.6 is 0 Å². The first-order valence-corrected chi connectivity index (χ1v) is 8.80. The van der Waals surface area contributed by atoms with Gasteiger partial charge in [0.25, 0.3) is 5.56 Å². The molecule has 4 N–H and O–H groups in total. The first kappa shape index (κ1) is 15.2. The summed E-state index contributed by atoms with van der Waals surface area (Å²) in [5.74, 6) is 1.34. The van der Waals surface area contributed by atoms with Crippen LogP contribution in [0.2, 0.25) is 0 Å². The molecule has 5 aromatic rings. The molecule has 8 heteroatoms. The zero-order valence-electron chi connectivity index (χ0n) is 14.9. The van der Waals surface area contributed by atoms with E-state index in [1.165, 1.54) is 0 Å². The number of hydrogen-bond donors (Lipinski definition) is 3. The zero-order valence-corrected chi connectivity index (χ0v) is 14.9. The van der Waals surface area contributed by atoms with E-state index in [1.54, 1.807) is 17.7 Å². The van der Waals surface area contributed by atoms with E-state index in [0.29, 0.717) is 33.7 Å². The van der Waals surface area contributed by atoms with Gasteiger partial charge in [-0.2, -0.15) is 5.10 Å². The van der Waals surface area contributed by atoms with Crippen molar-refractivity contribution < 1.29 is 9.47 Å². The summed E-state index contributed by atoms with van der Waals surface area (Å²) in [4.78, 5) is 19.1. The number of nitrogens with zero attached hydrogens (tertiary/aromatic N) is 2. The zero-order chi connectivity index (χ0) is 19.0. The van der Waals surface area contributed by atoms with Gasteiger partial charge >= 0.3 is 0 Å². The first-order valence-electron chi connectivity index (χ1n) is 8.80. The number of benzene rings is 2. The molecule has 0 amide bonds. The maximum Gasteiger partial charge on any atom is 0.261 e. The number of ether oxygens (including phenoxy) is 2. The van der Waals surface area contributed by atoms with Crippen molar-refractivity contribution >= 4 is 33.3 Å². The van der Waals surface area contributed by atoms with E-state index in [1.807, 2.05) is 30.3 Å². The number of anilines is 1. The maximum atomic E-state index is 12.9. The number of aromatic nitrogens is 4. The van der Waals surface area contributed by atoms with Gasteiger partial charge in [0.15, 0.2) is 5.75 Å². The molecular weight excluding hydrogens is 358 g/mol. The van der Waals surface area contributed by atoms with Crippen LogP contribution in [-0.2, 0) is 6.61 Å². The number of aromatic amines is 2. The molecule has 8 nitrogen and oxygen atoms in total. The third-order valence-electron chi connectivity index (χ3n) is 5.28. The molecule has 0 aliphatic carbocycles. The Morgan fingerprint density at radius 2 is 2.14 bits per heavy atom. The quantitative estimate of drug-likeness (QED) is 0.391. The minimum Gasteiger partial charge on any atom is -0.497 e. The molecule has 2 aromatic carbocycles. The number of H-pyrrole nitrogens is 2. The topological polar surface area (TPSA) is 110 Å². The van der Waals surface area contributed by atoms with Crippen LogP contribution in [0.4, 0.5) is 5.69 Å². The van der Waals surface area contributed by atoms with Crippen LogP contribution in [0.1, 0.15) is 5.69 Å². The predicted molar refractivity (Wildman–Crippen MR) is 106 cm³/mol. The molecule has 1 aliphatic rings. The van der Waals surface area contributed by atoms with Crippen molar-refractivity contribution in [2.24, 2.45) is 0 Å². The SMILES string of the molecule is COc1ccc2[nH]c3c4c(=O)[nH]c5c(c4nn3c2c1)-c1cccc(N)c1OC5. The minimum absolute atomic E-state index is 0.210. The van der Waals surface area contributed by atoms with Crippen LogP contribution in [0.5, 0.6) is 11.5 Å². The van der Waals surface area contributed by atoms with E-state index >= 15 is 0 Å². The van der Waals surface area contributed by atoms with Crippen LogP contribution in [0.15, 0.2) is 41.2 Å². The number of rotatable bonds is 1. The second-order valence-electron chi connectivity index (χ2n) is 6.81. The summed E-state index contributed by atoms with van der Waals surface area (Å²) in [6.07, 6.45) is 0. The number of pyridine rings is 1. The summed E-state index contributed by atoms with van der Waals surface area (Å²) in [6.45, 7) is 0.238. The van der Waals surface area contributed by atoms with E-state index in [2.05, 4.69) is 9.97 Å². The fourth-order valence-corrected chi connectivity index (χ4v) is 4.01. The van der Waals surface area contributed by atoms with Gasteiger partial charge < -0.3 is 25.2 Å². The van der Waals surface area contributed by atoms with Gasteiger partial charge in [0.05, 0.1) is 29.5 Å². The monoisotopic (exact) mass is 373 g/mol. The molecule has 4 heterocycles. The van der Waals surface area contributed by atoms with Crippen LogP contribution in [0, 0.1) is 0 Å². The summed E-state index contributed by atoms with van der Waals surface area (Å²) >= 11 is 0. The van der Waals surface area contributed by atoms with Crippen molar-refractivity contribution in [1.82, 2.24) is 19.6 Å². The van der Waals surface area contributed by atoms with Crippen molar-refractivity contribution in [1.29, 1.82) is 0 Å². The van der Waals surface area contributed by atoms with E-state index in [0.717, 1.165) is 27.9 Å². The van der Waals surface area contributed by atoms with Gasteiger partial charge in [-0.1, -0.05) is 12.1 Å². The lowest BCUT2D eigenvalue weighted by Gasteiger charge is -2.21. The van der Waals surface area contributed by atoms with E-state index in [4.69, 9.17) is 20.3 Å². The van der Waals surface area contributed by atoms with E-state index in [9.17, 15) is 4.79 Å². The Bertz CT molecular complexity index is 1490. The smallest absolute Gasteiger partial charge is 0.261 e. The molecular formula is C20H15N5O3. The van der Waals surface area contributed by atoms with Gasteiger partial charge in [-0.3, -0.25) is 4.79 Å². The van der Waals surface area contributed by atoms with Gasteiger partial charge in [-0.25, -0.2) is 4.52 Å². The number of hydrogen-bond acceptors (Lipinski definition) is 5. The maximum absolute atomic E-state index is 12.9. The van der Waals surface area contributed by atoms with Gasteiger partial charge in [0.1, 0.15) is 28.9 Å².